The number of para-hydroxylation sites is 2. The predicted molar refractivity (Wildman–Crippen MR) is 227 cm³/mol. The van der Waals surface area contributed by atoms with Gasteiger partial charge >= 0.3 is 0 Å². The zero-order valence-corrected chi connectivity index (χ0v) is 32.0. The molecule has 0 atom stereocenters. The van der Waals surface area contributed by atoms with Crippen molar-refractivity contribution in [2.24, 2.45) is 0 Å². The fourth-order valence-corrected chi connectivity index (χ4v) is 8.25. The molecule has 0 aliphatic heterocycles. The average molecular weight is 749 g/mol. The molecule has 10 heteroatoms. The van der Waals surface area contributed by atoms with Crippen molar-refractivity contribution < 1.29 is 0 Å². The van der Waals surface area contributed by atoms with Crippen LogP contribution in [0.3, 0.4) is 0 Å². The number of hydrogen-bond acceptors (Lipinski definition) is 8. The second kappa shape index (κ2) is 13.3. The molecule has 0 radical (unpaired) electrons. The lowest BCUT2D eigenvalue weighted by Gasteiger charge is -2.19. The van der Waals surface area contributed by atoms with Crippen molar-refractivity contribution >= 4 is 43.6 Å². The molecule has 0 bridgehead atoms. The van der Waals surface area contributed by atoms with Gasteiger partial charge in [0.05, 0.1) is 50.6 Å². The van der Waals surface area contributed by atoms with Crippen molar-refractivity contribution in [3.63, 3.8) is 0 Å². The Labute approximate surface area is 333 Å². The molecular formula is C48H32N10. The van der Waals surface area contributed by atoms with Crippen molar-refractivity contribution in [2.45, 2.75) is 27.7 Å². The lowest BCUT2D eigenvalue weighted by molar-refractivity contribution is 0.928. The molecule has 0 fully saturated rings. The van der Waals surface area contributed by atoms with Crippen LogP contribution in [0.5, 0.6) is 0 Å². The molecule has 0 aliphatic rings. The molecule has 274 valence electrons. The van der Waals surface area contributed by atoms with Gasteiger partial charge in [-0.15, -0.1) is 0 Å². The monoisotopic (exact) mass is 748 g/mol. The Morgan fingerprint density at radius 2 is 0.914 bits per heavy atom. The van der Waals surface area contributed by atoms with E-state index in [1.807, 2.05) is 88.4 Å². The minimum absolute atomic E-state index is 0.473. The molecule has 6 aromatic carbocycles. The Hall–Kier alpha value is -8.08. The molecule has 0 aliphatic carbocycles. The van der Waals surface area contributed by atoms with Crippen LogP contribution in [0, 0.1) is 50.4 Å². The molecule has 0 unspecified atom stereocenters. The highest BCUT2D eigenvalue weighted by atomic mass is 15.0. The van der Waals surface area contributed by atoms with Crippen molar-refractivity contribution in [3.8, 4) is 57.4 Å². The van der Waals surface area contributed by atoms with Crippen molar-refractivity contribution in [3.05, 3.63) is 156 Å². The number of benzene rings is 6. The molecule has 58 heavy (non-hydrogen) atoms. The third-order valence-corrected chi connectivity index (χ3v) is 10.6. The van der Waals surface area contributed by atoms with Gasteiger partial charge in [0.1, 0.15) is 29.4 Å². The molecule has 0 N–H and O–H groups in total. The number of nitriles is 2. The van der Waals surface area contributed by atoms with Crippen LogP contribution in [0.4, 0.5) is 0 Å². The zero-order chi connectivity index (χ0) is 39.7. The summed E-state index contributed by atoms with van der Waals surface area (Å²) in [6, 6.07) is 45.6. The molecule has 10 nitrogen and oxygen atoms in total. The third-order valence-electron chi connectivity index (χ3n) is 10.6. The summed E-state index contributed by atoms with van der Waals surface area (Å²) in [6.07, 6.45) is 0. The summed E-state index contributed by atoms with van der Waals surface area (Å²) in [5, 5.41) is 25.4. The summed E-state index contributed by atoms with van der Waals surface area (Å²) in [5.41, 5.74) is 9.61. The normalized spacial score (nSPS) is 11.4. The van der Waals surface area contributed by atoms with E-state index in [-0.39, 0.29) is 0 Å². The Morgan fingerprint density at radius 1 is 0.414 bits per heavy atom. The van der Waals surface area contributed by atoms with Crippen LogP contribution in [0.15, 0.2) is 121 Å². The molecular weight excluding hydrogens is 717 g/mol. The van der Waals surface area contributed by atoms with E-state index in [2.05, 4.69) is 106 Å². The smallest absolute Gasteiger partial charge is 0.163 e. The van der Waals surface area contributed by atoms with Crippen LogP contribution in [-0.2, 0) is 0 Å². The van der Waals surface area contributed by atoms with Crippen LogP contribution in [0.1, 0.15) is 34.4 Å². The molecule has 10 aromatic rings. The van der Waals surface area contributed by atoms with E-state index < -0.39 is 0 Å². The maximum Gasteiger partial charge on any atom is 0.163 e. The first kappa shape index (κ1) is 34.4. The van der Waals surface area contributed by atoms with Crippen LogP contribution in [-0.4, -0.2) is 39.0 Å². The van der Waals surface area contributed by atoms with Crippen LogP contribution < -0.4 is 0 Å². The van der Waals surface area contributed by atoms with Gasteiger partial charge in [0.15, 0.2) is 11.6 Å². The van der Waals surface area contributed by atoms with Gasteiger partial charge in [0.2, 0.25) is 0 Å². The first-order valence-corrected chi connectivity index (χ1v) is 18.8. The highest BCUT2D eigenvalue weighted by molar-refractivity contribution is 6.12. The van der Waals surface area contributed by atoms with E-state index in [1.165, 1.54) is 0 Å². The number of aryl methyl sites for hydroxylation is 4. The predicted octanol–water partition coefficient (Wildman–Crippen LogP) is 10.2. The standard InChI is InChI=1S/C48H32N10/c1-27-51-28(2)54-47(53-27)33-16-18-38-36-12-5-7-14-41(36)57(44(38)21-33)43-24-40(32-11-9-10-31(20-32)25-49)46(23-35(43)26-50)58-42-15-8-6-13-37(42)39-19-17-34(22-45(39)58)48-55-29(3)52-30(4)56-48/h5-24H,1-4H3. The van der Waals surface area contributed by atoms with Gasteiger partial charge in [-0.2, -0.15) is 10.5 Å². The number of nitrogens with zero attached hydrogens (tertiary/aromatic N) is 10. The van der Waals surface area contributed by atoms with E-state index in [1.54, 1.807) is 6.07 Å². The van der Waals surface area contributed by atoms with E-state index in [4.69, 9.17) is 0 Å². The summed E-state index contributed by atoms with van der Waals surface area (Å²) in [4.78, 5) is 27.5. The Kier molecular flexibility index (Phi) is 7.89. The molecule has 0 saturated carbocycles. The first-order valence-electron chi connectivity index (χ1n) is 18.8. The Morgan fingerprint density at radius 3 is 1.43 bits per heavy atom. The maximum absolute atomic E-state index is 11.1. The molecule has 4 heterocycles. The SMILES string of the molecule is Cc1nc(C)nc(-c2ccc3c4ccccc4n(-c4cc(-c5cccc(C#N)c5)c(-n5c6ccccc6c6ccc(-c7nc(C)nc(C)n7)cc65)cc4C#N)c3c2)n1. The van der Waals surface area contributed by atoms with Crippen LogP contribution in [0.25, 0.3) is 88.9 Å². The van der Waals surface area contributed by atoms with Crippen LogP contribution in [0.2, 0.25) is 0 Å². The van der Waals surface area contributed by atoms with Gasteiger partial charge in [-0.25, -0.2) is 29.9 Å². The molecule has 0 saturated heterocycles. The van der Waals surface area contributed by atoms with Crippen molar-refractivity contribution in [1.82, 2.24) is 39.0 Å². The lowest BCUT2D eigenvalue weighted by Crippen LogP contribution is -2.04. The Bertz CT molecular complexity index is 3390. The number of aromatic nitrogens is 8. The largest absolute Gasteiger partial charge is 0.309 e. The Balaban J connectivity index is 1.31. The second-order valence-electron chi connectivity index (χ2n) is 14.4. The minimum atomic E-state index is 0.473. The summed E-state index contributed by atoms with van der Waals surface area (Å²) >= 11 is 0. The molecule has 10 rings (SSSR count). The fraction of sp³-hybridized carbons (Fsp3) is 0.0833. The summed E-state index contributed by atoms with van der Waals surface area (Å²) in [7, 11) is 0. The zero-order valence-electron chi connectivity index (χ0n) is 32.0. The molecule has 4 aromatic heterocycles. The van der Waals surface area contributed by atoms with Gasteiger partial charge in [-0.05, 0) is 81.8 Å². The second-order valence-corrected chi connectivity index (χ2v) is 14.4. The minimum Gasteiger partial charge on any atom is -0.309 e. The van der Waals surface area contributed by atoms with Gasteiger partial charge in [0, 0.05) is 38.2 Å². The number of fused-ring (bicyclic) bond motifs is 6. The van der Waals surface area contributed by atoms with Gasteiger partial charge in [0.25, 0.3) is 0 Å². The summed E-state index contributed by atoms with van der Waals surface area (Å²) < 4.78 is 4.37. The third kappa shape index (κ3) is 5.55. The lowest BCUT2D eigenvalue weighted by atomic mass is 9.98. The van der Waals surface area contributed by atoms with Gasteiger partial charge in [-0.1, -0.05) is 72.8 Å². The number of rotatable bonds is 5. The topological polar surface area (TPSA) is 135 Å². The first-order chi connectivity index (χ1) is 28.3. The molecule has 0 amide bonds. The van der Waals surface area contributed by atoms with Gasteiger partial charge < -0.3 is 9.13 Å². The van der Waals surface area contributed by atoms with E-state index in [0.717, 1.165) is 71.6 Å². The highest BCUT2D eigenvalue weighted by Gasteiger charge is 2.23. The van der Waals surface area contributed by atoms with E-state index >= 15 is 0 Å². The van der Waals surface area contributed by atoms with E-state index in [0.29, 0.717) is 51.8 Å². The highest BCUT2D eigenvalue weighted by Crippen LogP contribution is 2.42. The van der Waals surface area contributed by atoms with Crippen molar-refractivity contribution in [1.29, 1.82) is 10.5 Å². The molecule has 0 spiro atoms. The summed E-state index contributed by atoms with van der Waals surface area (Å²) in [5.74, 6) is 3.75. The number of hydrogen-bond donors (Lipinski definition) is 0. The summed E-state index contributed by atoms with van der Waals surface area (Å²) in [6.45, 7) is 7.47. The fourth-order valence-electron chi connectivity index (χ4n) is 8.25. The van der Waals surface area contributed by atoms with Crippen LogP contribution >= 0.6 is 0 Å². The quantitative estimate of drug-likeness (QED) is 0.170. The van der Waals surface area contributed by atoms with Gasteiger partial charge in [-0.3, -0.25) is 0 Å². The average Bonchev–Trinajstić information content (AvgIpc) is 3.74. The maximum atomic E-state index is 11.1. The van der Waals surface area contributed by atoms with Crippen molar-refractivity contribution in [2.75, 3.05) is 0 Å². The van der Waals surface area contributed by atoms with E-state index in [9.17, 15) is 10.5 Å².